The Morgan fingerprint density at radius 2 is 2.05 bits per heavy atom. The van der Waals surface area contributed by atoms with Crippen molar-refractivity contribution in [1.29, 1.82) is 0 Å². The van der Waals surface area contributed by atoms with Gasteiger partial charge in [-0.05, 0) is 58.2 Å². The van der Waals surface area contributed by atoms with Crippen LogP contribution in [0.2, 0.25) is 5.02 Å². The molecule has 0 atom stereocenters. The van der Waals surface area contributed by atoms with Gasteiger partial charge < -0.3 is 0 Å². The quantitative estimate of drug-likeness (QED) is 0.720. The average molecular weight is 342 g/mol. The maximum atomic E-state index is 13.4. The fourth-order valence-electron chi connectivity index (χ4n) is 1.86. The number of halogens is 3. The smallest absolute Gasteiger partial charge is 0.167 e. The number of carbonyl (C=O) groups is 1. The largest absolute Gasteiger partial charge is 0.294 e. The number of hydrogen-bond acceptors (Lipinski definition) is 1. The van der Waals surface area contributed by atoms with Crippen LogP contribution in [0.1, 0.15) is 21.5 Å². The lowest BCUT2D eigenvalue weighted by Crippen LogP contribution is -2.05. The topological polar surface area (TPSA) is 17.1 Å². The summed E-state index contributed by atoms with van der Waals surface area (Å²) >= 11 is 9.09. The molecule has 98 valence electrons. The van der Waals surface area contributed by atoms with Crippen LogP contribution in [0.25, 0.3) is 0 Å². The second kappa shape index (κ2) is 5.85. The number of ketones is 1. The van der Waals surface area contributed by atoms with Crippen LogP contribution in [-0.4, -0.2) is 5.78 Å². The number of benzene rings is 2. The zero-order valence-electron chi connectivity index (χ0n) is 10.2. The van der Waals surface area contributed by atoms with Crippen molar-refractivity contribution >= 4 is 33.3 Å². The number of rotatable bonds is 3. The van der Waals surface area contributed by atoms with E-state index >= 15 is 0 Å². The molecule has 2 aromatic carbocycles. The summed E-state index contributed by atoms with van der Waals surface area (Å²) in [6.07, 6.45) is 0.137. The van der Waals surface area contributed by atoms with Gasteiger partial charge in [-0.15, -0.1) is 0 Å². The van der Waals surface area contributed by atoms with Gasteiger partial charge >= 0.3 is 0 Å². The summed E-state index contributed by atoms with van der Waals surface area (Å²) in [5.41, 5.74) is 2.10. The molecule has 0 aliphatic rings. The Morgan fingerprint density at radius 1 is 1.32 bits per heavy atom. The van der Waals surface area contributed by atoms with E-state index < -0.39 is 0 Å². The predicted octanol–water partition coefficient (Wildman–Crippen LogP) is 4.98. The predicted molar refractivity (Wildman–Crippen MR) is 78.3 cm³/mol. The Bertz CT molecular complexity index is 620. The highest BCUT2D eigenvalue weighted by Gasteiger charge is 2.12. The molecule has 0 bridgehead atoms. The van der Waals surface area contributed by atoms with E-state index in [9.17, 15) is 9.18 Å². The summed E-state index contributed by atoms with van der Waals surface area (Å²) in [5.74, 6) is -0.454. The summed E-state index contributed by atoms with van der Waals surface area (Å²) in [6.45, 7) is 1.88. The molecule has 0 N–H and O–H groups in total. The first-order valence-corrected chi connectivity index (χ1v) is 6.88. The SMILES string of the molecule is Cc1cc(Cl)cc(C(=O)Cc2cccc(F)c2Br)c1. The van der Waals surface area contributed by atoms with Gasteiger partial charge in [0.15, 0.2) is 5.78 Å². The second-order valence-corrected chi connectivity index (χ2v) is 5.56. The molecule has 0 aliphatic heterocycles. The molecule has 0 unspecified atom stereocenters. The van der Waals surface area contributed by atoms with Crippen LogP contribution in [0.4, 0.5) is 4.39 Å². The van der Waals surface area contributed by atoms with E-state index in [1.54, 1.807) is 30.3 Å². The fraction of sp³-hybridized carbons (Fsp3) is 0.133. The lowest BCUT2D eigenvalue weighted by atomic mass is 10.0. The highest BCUT2D eigenvalue weighted by atomic mass is 79.9. The summed E-state index contributed by atoms with van der Waals surface area (Å²) < 4.78 is 13.7. The van der Waals surface area contributed by atoms with Crippen LogP contribution < -0.4 is 0 Å². The summed E-state index contributed by atoms with van der Waals surface area (Å²) in [7, 11) is 0. The number of hydrogen-bond donors (Lipinski definition) is 0. The zero-order valence-corrected chi connectivity index (χ0v) is 12.6. The van der Waals surface area contributed by atoms with E-state index in [4.69, 9.17) is 11.6 Å². The zero-order chi connectivity index (χ0) is 14.0. The van der Waals surface area contributed by atoms with Crippen molar-refractivity contribution < 1.29 is 9.18 Å². The van der Waals surface area contributed by atoms with Crippen LogP contribution in [0.3, 0.4) is 0 Å². The standard InChI is InChI=1S/C15H11BrClFO/c1-9-5-11(7-12(17)6-9)14(19)8-10-3-2-4-13(18)15(10)16/h2-7H,8H2,1H3. The minimum Gasteiger partial charge on any atom is -0.294 e. The maximum absolute atomic E-state index is 13.4. The molecule has 0 aliphatic carbocycles. The van der Waals surface area contributed by atoms with Gasteiger partial charge in [0.2, 0.25) is 0 Å². The van der Waals surface area contributed by atoms with Gasteiger partial charge in [-0.1, -0.05) is 23.7 Å². The molecule has 0 amide bonds. The van der Waals surface area contributed by atoms with Crippen molar-refractivity contribution in [2.45, 2.75) is 13.3 Å². The minimum absolute atomic E-state index is 0.0862. The molecule has 1 nitrogen and oxygen atoms in total. The van der Waals surface area contributed by atoms with Crippen molar-refractivity contribution in [3.05, 3.63) is 68.4 Å². The van der Waals surface area contributed by atoms with E-state index in [0.717, 1.165) is 5.56 Å². The molecule has 0 radical (unpaired) electrons. The minimum atomic E-state index is -0.368. The van der Waals surface area contributed by atoms with E-state index in [1.165, 1.54) is 6.07 Å². The molecule has 0 fully saturated rings. The van der Waals surface area contributed by atoms with Crippen LogP contribution in [-0.2, 0) is 6.42 Å². The van der Waals surface area contributed by atoms with Gasteiger partial charge in [-0.2, -0.15) is 0 Å². The highest BCUT2D eigenvalue weighted by Crippen LogP contribution is 2.23. The Morgan fingerprint density at radius 3 is 2.74 bits per heavy atom. The fourth-order valence-corrected chi connectivity index (χ4v) is 2.55. The second-order valence-electron chi connectivity index (χ2n) is 4.33. The first-order chi connectivity index (χ1) is 8.97. The Kier molecular flexibility index (Phi) is 4.38. The van der Waals surface area contributed by atoms with Gasteiger partial charge in [0.05, 0.1) is 4.47 Å². The van der Waals surface area contributed by atoms with Crippen molar-refractivity contribution in [2.24, 2.45) is 0 Å². The Balaban J connectivity index is 2.28. The molecule has 0 spiro atoms. The van der Waals surface area contributed by atoms with Gasteiger partial charge in [0.25, 0.3) is 0 Å². The third-order valence-electron chi connectivity index (χ3n) is 2.75. The average Bonchev–Trinajstić information content (AvgIpc) is 2.33. The normalized spacial score (nSPS) is 10.5. The van der Waals surface area contributed by atoms with Crippen LogP contribution in [0, 0.1) is 12.7 Å². The summed E-state index contributed by atoms with van der Waals surface area (Å²) in [4.78, 5) is 12.2. The lowest BCUT2D eigenvalue weighted by Gasteiger charge is -2.06. The van der Waals surface area contributed by atoms with Gasteiger partial charge in [0, 0.05) is 17.0 Å². The molecule has 0 saturated heterocycles. The Hall–Kier alpha value is -1.19. The summed E-state index contributed by atoms with van der Waals surface area (Å²) in [6, 6.07) is 9.86. The van der Waals surface area contributed by atoms with Crippen molar-refractivity contribution in [1.82, 2.24) is 0 Å². The third kappa shape index (κ3) is 3.43. The van der Waals surface area contributed by atoms with Crippen molar-refractivity contribution in [3.63, 3.8) is 0 Å². The molecule has 0 aromatic heterocycles. The van der Waals surface area contributed by atoms with E-state index in [2.05, 4.69) is 15.9 Å². The van der Waals surface area contributed by atoms with Gasteiger partial charge in [-0.3, -0.25) is 4.79 Å². The first kappa shape index (κ1) is 14.2. The number of Topliss-reactive ketones (excluding diaryl/α,β-unsaturated/α-hetero) is 1. The molecular weight excluding hydrogens is 331 g/mol. The van der Waals surface area contributed by atoms with Crippen LogP contribution in [0.5, 0.6) is 0 Å². The molecule has 19 heavy (non-hydrogen) atoms. The lowest BCUT2D eigenvalue weighted by molar-refractivity contribution is 0.0992. The Labute approximate surface area is 124 Å². The van der Waals surface area contributed by atoms with Crippen LogP contribution in [0.15, 0.2) is 40.9 Å². The van der Waals surface area contributed by atoms with Crippen molar-refractivity contribution in [2.75, 3.05) is 0 Å². The molecule has 0 saturated carbocycles. The first-order valence-electron chi connectivity index (χ1n) is 5.70. The molecule has 2 aromatic rings. The molecule has 2 rings (SSSR count). The number of aryl methyl sites for hydroxylation is 1. The third-order valence-corrected chi connectivity index (χ3v) is 3.85. The maximum Gasteiger partial charge on any atom is 0.167 e. The van der Waals surface area contributed by atoms with E-state index in [-0.39, 0.29) is 18.0 Å². The van der Waals surface area contributed by atoms with E-state index in [1.807, 2.05) is 6.92 Å². The van der Waals surface area contributed by atoms with E-state index in [0.29, 0.717) is 20.6 Å². The van der Waals surface area contributed by atoms with Gasteiger partial charge in [0.1, 0.15) is 5.82 Å². The van der Waals surface area contributed by atoms with Gasteiger partial charge in [-0.25, -0.2) is 4.39 Å². The van der Waals surface area contributed by atoms with Crippen molar-refractivity contribution in [3.8, 4) is 0 Å². The highest BCUT2D eigenvalue weighted by molar-refractivity contribution is 9.10. The van der Waals surface area contributed by atoms with Crippen LogP contribution >= 0.6 is 27.5 Å². The number of carbonyl (C=O) groups excluding carboxylic acids is 1. The summed E-state index contributed by atoms with van der Waals surface area (Å²) in [5, 5.41) is 0.529. The molecule has 4 heteroatoms. The molecular formula is C15H11BrClFO. The molecule has 0 heterocycles. The monoisotopic (exact) mass is 340 g/mol.